The minimum absolute atomic E-state index is 0.0750. The van der Waals surface area contributed by atoms with Gasteiger partial charge in [0.1, 0.15) is 5.54 Å². The average Bonchev–Trinajstić information content (AvgIpc) is 3.26. The Kier molecular flexibility index (Phi) is 5.17. The van der Waals surface area contributed by atoms with Crippen molar-refractivity contribution < 1.29 is 9.59 Å². The standard InChI is InChI=1S/C22H29N5O2/c1-16-8-7-9-17(2)22(16)20(28)26(21(29)24-22)15-25(3)13-18-12-23-27(14-18)19-10-5-4-6-11-19/h4-6,10-12,14,16-17H,7-9,13,15H2,1-3H3,(H,24,29). The molecular formula is C22H29N5O2. The van der Waals surface area contributed by atoms with E-state index < -0.39 is 5.54 Å². The smallest absolute Gasteiger partial charge is 0.323 e. The normalized spacial score (nSPS) is 27.1. The lowest BCUT2D eigenvalue weighted by atomic mass is 9.67. The number of benzene rings is 1. The molecule has 1 aliphatic carbocycles. The highest BCUT2D eigenvalue weighted by molar-refractivity contribution is 6.07. The molecular weight excluding hydrogens is 366 g/mol. The minimum Gasteiger partial charge on any atom is -0.323 e. The van der Waals surface area contributed by atoms with E-state index in [-0.39, 0.29) is 30.4 Å². The maximum absolute atomic E-state index is 13.3. The monoisotopic (exact) mass is 395 g/mol. The first-order valence-corrected chi connectivity index (χ1v) is 10.3. The summed E-state index contributed by atoms with van der Waals surface area (Å²) in [5, 5.41) is 7.48. The van der Waals surface area contributed by atoms with Crippen LogP contribution in [0.2, 0.25) is 0 Å². The van der Waals surface area contributed by atoms with Crippen LogP contribution in [0.5, 0.6) is 0 Å². The van der Waals surface area contributed by atoms with Crippen LogP contribution in [0.1, 0.15) is 38.7 Å². The van der Waals surface area contributed by atoms with Crippen LogP contribution >= 0.6 is 0 Å². The van der Waals surface area contributed by atoms with Gasteiger partial charge in [0.05, 0.1) is 18.6 Å². The molecule has 2 aromatic rings. The van der Waals surface area contributed by atoms with Crippen LogP contribution in [0.15, 0.2) is 42.7 Å². The Labute approximate surface area is 171 Å². The number of nitrogens with one attached hydrogen (secondary N) is 1. The second kappa shape index (κ2) is 7.63. The van der Waals surface area contributed by atoms with Crippen LogP contribution in [-0.2, 0) is 11.3 Å². The van der Waals surface area contributed by atoms with Crippen LogP contribution in [0, 0.1) is 11.8 Å². The summed E-state index contributed by atoms with van der Waals surface area (Å²) in [6.45, 7) is 5.03. The highest BCUT2D eigenvalue weighted by atomic mass is 16.2. The van der Waals surface area contributed by atoms with E-state index in [1.807, 2.05) is 59.4 Å². The first-order valence-electron chi connectivity index (χ1n) is 10.3. The molecule has 4 rings (SSSR count). The number of para-hydroxylation sites is 1. The lowest BCUT2D eigenvalue weighted by Gasteiger charge is -2.42. The van der Waals surface area contributed by atoms with Gasteiger partial charge in [-0.3, -0.25) is 9.69 Å². The first-order chi connectivity index (χ1) is 13.9. The van der Waals surface area contributed by atoms with Crippen molar-refractivity contribution in [2.45, 2.75) is 45.2 Å². The van der Waals surface area contributed by atoms with E-state index in [0.717, 1.165) is 30.5 Å². The van der Waals surface area contributed by atoms with Gasteiger partial charge in [-0.1, -0.05) is 38.5 Å². The van der Waals surface area contributed by atoms with Crippen molar-refractivity contribution >= 4 is 11.9 Å². The molecule has 1 N–H and O–H groups in total. The lowest BCUT2D eigenvalue weighted by Crippen LogP contribution is -2.59. The molecule has 1 saturated carbocycles. The zero-order valence-corrected chi connectivity index (χ0v) is 17.3. The van der Waals surface area contributed by atoms with Gasteiger partial charge in [-0.15, -0.1) is 0 Å². The van der Waals surface area contributed by atoms with Gasteiger partial charge in [0.2, 0.25) is 0 Å². The van der Waals surface area contributed by atoms with Crippen molar-refractivity contribution in [1.82, 2.24) is 24.9 Å². The number of carbonyl (C=O) groups is 2. The first kappa shape index (κ1) is 19.6. The molecule has 1 saturated heterocycles. The number of urea groups is 1. The summed E-state index contributed by atoms with van der Waals surface area (Å²) in [4.78, 5) is 29.3. The van der Waals surface area contributed by atoms with Gasteiger partial charge in [-0.2, -0.15) is 5.10 Å². The molecule has 3 amide bonds. The third-order valence-electron chi connectivity index (χ3n) is 6.48. The largest absolute Gasteiger partial charge is 0.326 e. The summed E-state index contributed by atoms with van der Waals surface area (Å²) in [7, 11) is 1.92. The number of nitrogens with zero attached hydrogens (tertiary/aromatic N) is 4. The summed E-state index contributed by atoms with van der Waals surface area (Å²) in [5.74, 6) is 0.234. The zero-order valence-electron chi connectivity index (χ0n) is 17.3. The highest BCUT2D eigenvalue weighted by Gasteiger charge is 2.58. The Morgan fingerprint density at radius 1 is 1.17 bits per heavy atom. The molecule has 2 fully saturated rings. The van der Waals surface area contributed by atoms with Crippen molar-refractivity contribution in [1.29, 1.82) is 0 Å². The number of carbonyl (C=O) groups excluding carboxylic acids is 2. The Balaban J connectivity index is 1.44. The molecule has 7 nitrogen and oxygen atoms in total. The lowest BCUT2D eigenvalue weighted by molar-refractivity contribution is -0.137. The molecule has 2 atom stereocenters. The van der Waals surface area contributed by atoms with E-state index in [9.17, 15) is 9.59 Å². The third-order valence-corrected chi connectivity index (χ3v) is 6.48. The summed E-state index contributed by atoms with van der Waals surface area (Å²) in [6.07, 6.45) is 6.85. The molecule has 154 valence electrons. The molecule has 0 radical (unpaired) electrons. The van der Waals surface area contributed by atoms with Crippen molar-refractivity contribution in [3.05, 3.63) is 48.3 Å². The molecule has 2 aliphatic rings. The Morgan fingerprint density at radius 3 is 2.55 bits per heavy atom. The Hall–Kier alpha value is -2.67. The summed E-state index contributed by atoms with van der Waals surface area (Å²) in [5.41, 5.74) is 1.28. The second-order valence-electron chi connectivity index (χ2n) is 8.55. The van der Waals surface area contributed by atoms with Crippen molar-refractivity contribution in [2.75, 3.05) is 13.7 Å². The van der Waals surface area contributed by atoms with Crippen LogP contribution in [0.4, 0.5) is 4.79 Å². The molecule has 2 heterocycles. The van der Waals surface area contributed by atoms with Gasteiger partial charge in [0, 0.05) is 18.3 Å². The van der Waals surface area contributed by atoms with Gasteiger partial charge in [-0.05, 0) is 43.9 Å². The number of rotatable bonds is 5. The number of hydrogen-bond donors (Lipinski definition) is 1. The van der Waals surface area contributed by atoms with Gasteiger partial charge in [0.15, 0.2) is 0 Å². The molecule has 1 aromatic heterocycles. The van der Waals surface area contributed by atoms with Crippen molar-refractivity contribution in [3.63, 3.8) is 0 Å². The van der Waals surface area contributed by atoms with Gasteiger partial charge in [-0.25, -0.2) is 14.4 Å². The summed E-state index contributed by atoms with van der Waals surface area (Å²) in [6, 6.07) is 9.65. The van der Waals surface area contributed by atoms with Gasteiger partial charge in [0.25, 0.3) is 5.91 Å². The van der Waals surface area contributed by atoms with Crippen LogP contribution in [-0.4, -0.2) is 50.8 Å². The predicted octanol–water partition coefficient (Wildman–Crippen LogP) is 3.01. The second-order valence-corrected chi connectivity index (χ2v) is 8.55. The van der Waals surface area contributed by atoms with Crippen LogP contribution in [0.25, 0.3) is 5.69 Å². The van der Waals surface area contributed by atoms with Crippen molar-refractivity contribution in [3.8, 4) is 5.69 Å². The Morgan fingerprint density at radius 2 is 1.86 bits per heavy atom. The number of hydrogen-bond acceptors (Lipinski definition) is 4. The number of aromatic nitrogens is 2. The van der Waals surface area contributed by atoms with E-state index in [0.29, 0.717) is 6.54 Å². The topological polar surface area (TPSA) is 70.5 Å². The SMILES string of the molecule is CC1CCCC(C)C12NC(=O)N(CN(C)Cc1cnn(-c3ccccc3)c1)C2=O. The van der Waals surface area contributed by atoms with Gasteiger partial charge < -0.3 is 5.32 Å². The fourth-order valence-electron chi connectivity index (χ4n) is 4.85. The molecule has 2 unspecified atom stereocenters. The maximum atomic E-state index is 13.3. The highest BCUT2D eigenvalue weighted by Crippen LogP contribution is 2.42. The van der Waals surface area contributed by atoms with E-state index in [1.54, 1.807) is 0 Å². The fourth-order valence-corrected chi connectivity index (χ4v) is 4.85. The third kappa shape index (κ3) is 3.44. The number of amides is 3. The van der Waals surface area contributed by atoms with E-state index in [2.05, 4.69) is 24.3 Å². The summed E-state index contributed by atoms with van der Waals surface area (Å²) >= 11 is 0. The molecule has 1 aliphatic heterocycles. The van der Waals surface area contributed by atoms with E-state index >= 15 is 0 Å². The molecule has 0 bridgehead atoms. The maximum Gasteiger partial charge on any atom is 0.326 e. The molecule has 1 aromatic carbocycles. The zero-order chi connectivity index (χ0) is 20.6. The van der Waals surface area contributed by atoms with Crippen molar-refractivity contribution in [2.24, 2.45) is 11.8 Å². The minimum atomic E-state index is -0.742. The fraction of sp³-hybridized carbons (Fsp3) is 0.500. The van der Waals surface area contributed by atoms with Crippen LogP contribution in [0.3, 0.4) is 0 Å². The van der Waals surface area contributed by atoms with E-state index in [1.165, 1.54) is 4.90 Å². The predicted molar refractivity (Wildman–Crippen MR) is 110 cm³/mol. The summed E-state index contributed by atoms with van der Waals surface area (Å²) < 4.78 is 1.83. The van der Waals surface area contributed by atoms with Crippen LogP contribution < -0.4 is 5.32 Å². The average molecular weight is 396 g/mol. The quantitative estimate of drug-likeness (QED) is 0.790. The Bertz CT molecular complexity index is 884. The van der Waals surface area contributed by atoms with E-state index in [4.69, 9.17) is 0 Å². The van der Waals surface area contributed by atoms with Gasteiger partial charge >= 0.3 is 6.03 Å². The molecule has 29 heavy (non-hydrogen) atoms. The molecule has 1 spiro atoms. The molecule has 7 heteroatoms. The number of imide groups is 1.